The predicted molar refractivity (Wildman–Crippen MR) is 107 cm³/mol. The van der Waals surface area contributed by atoms with E-state index >= 15 is 0 Å². The molecule has 116 valence electrons. The molecule has 1 nitrogen and oxygen atoms in total. The van der Waals surface area contributed by atoms with Gasteiger partial charge in [0.25, 0.3) is 0 Å². The van der Waals surface area contributed by atoms with E-state index in [1.54, 1.807) is 0 Å². The second-order valence-electron chi connectivity index (χ2n) is 6.51. The van der Waals surface area contributed by atoms with E-state index in [1.807, 2.05) is 35.6 Å². The van der Waals surface area contributed by atoms with E-state index in [0.29, 0.717) is 0 Å². The van der Waals surface area contributed by atoms with E-state index < -0.39 is 7.22 Å². The molecule has 0 saturated heterocycles. The van der Waals surface area contributed by atoms with Crippen molar-refractivity contribution in [1.82, 2.24) is 0 Å². The van der Waals surface area contributed by atoms with Crippen LogP contribution in [0.25, 0.3) is 10.8 Å². The van der Waals surface area contributed by atoms with Crippen molar-refractivity contribution in [2.45, 2.75) is 24.5 Å². The maximum absolute atomic E-state index is 4.77. The van der Waals surface area contributed by atoms with Crippen LogP contribution in [0.5, 0.6) is 0 Å². The number of hydrogen-bond acceptors (Lipinski definition) is 2. The third-order valence-corrected chi connectivity index (χ3v) is 7.08. The number of fused-ring (bicyclic) bond motifs is 1. The Morgan fingerprint density at radius 3 is 2.22 bits per heavy atom. The van der Waals surface area contributed by atoms with Gasteiger partial charge in [0.15, 0.2) is 0 Å². The standard InChI is InChI=1S/C20H21NSSi/c1-23(2,3)22-19-14-8-12-17-11-7-13-18(20(17)19)21-15-16-9-5-4-6-10-16/h4-15H,1-3H3. The number of nitrogens with zero attached hydrogens (tertiary/aromatic N) is 1. The van der Waals surface area contributed by atoms with Crippen LogP contribution in [-0.4, -0.2) is 13.4 Å². The smallest absolute Gasteiger partial charge is 0.114 e. The van der Waals surface area contributed by atoms with Crippen molar-refractivity contribution in [2.75, 3.05) is 0 Å². The molecule has 0 radical (unpaired) electrons. The predicted octanol–water partition coefficient (Wildman–Crippen LogP) is 6.52. The molecule has 3 aromatic carbocycles. The van der Waals surface area contributed by atoms with E-state index in [9.17, 15) is 0 Å². The third-order valence-electron chi connectivity index (χ3n) is 3.41. The summed E-state index contributed by atoms with van der Waals surface area (Å²) in [5.74, 6) is 0. The largest absolute Gasteiger partial charge is 0.256 e. The van der Waals surface area contributed by atoms with Gasteiger partial charge < -0.3 is 0 Å². The molecular formula is C20H21NSSi. The van der Waals surface area contributed by atoms with E-state index in [2.05, 4.69) is 68.2 Å². The molecule has 3 aromatic rings. The molecule has 3 rings (SSSR count). The lowest BCUT2D eigenvalue weighted by molar-refractivity contribution is 1.50. The maximum atomic E-state index is 4.77. The first kappa shape index (κ1) is 16.0. The van der Waals surface area contributed by atoms with Crippen LogP contribution in [0, 0.1) is 0 Å². The molecule has 0 aliphatic carbocycles. The molecule has 0 saturated carbocycles. The molecule has 0 bridgehead atoms. The molecule has 0 aliphatic heterocycles. The lowest BCUT2D eigenvalue weighted by atomic mass is 10.1. The highest BCUT2D eigenvalue weighted by atomic mass is 32.4. The first-order valence-corrected chi connectivity index (χ1v) is 12.9. The highest BCUT2D eigenvalue weighted by molar-refractivity contribution is 8.28. The number of hydrogen-bond donors (Lipinski definition) is 0. The lowest BCUT2D eigenvalue weighted by Gasteiger charge is -2.17. The Kier molecular flexibility index (Phi) is 4.69. The van der Waals surface area contributed by atoms with Gasteiger partial charge in [0.05, 0.1) is 5.69 Å². The van der Waals surface area contributed by atoms with Gasteiger partial charge in [-0.25, -0.2) is 0 Å². The Hall–Kier alpha value is -1.84. The van der Waals surface area contributed by atoms with Crippen molar-refractivity contribution < 1.29 is 0 Å². The van der Waals surface area contributed by atoms with Gasteiger partial charge in [-0.2, -0.15) is 11.2 Å². The zero-order valence-corrected chi connectivity index (χ0v) is 15.6. The molecule has 0 amide bonds. The van der Waals surface area contributed by atoms with Crippen LogP contribution >= 0.6 is 11.2 Å². The van der Waals surface area contributed by atoms with E-state index in [1.165, 1.54) is 15.7 Å². The Balaban J connectivity index is 2.08. The monoisotopic (exact) mass is 335 g/mol. The van der Waals surface area contributed by atoms with Gasteiger partial charge in [0.1, 0.15) is 7.22 Å². The van der Waals surface area contributed by atoms with Crippen LogP contribution in [0.1, 0.15) is 5.56 Å². The van der Waals surface area contributed by atoms with Gasteiger partial charge in [0.2, 0.25) is 0 Å². The summed E-state index contributed by atoms with van der Waals surface area (Å²) in [4.78, 5) is 6.12. The molecular weight excluding hydrogens is 314 g/mol. The minimum Gasteiger partial charge on any atom is -0.256 e. The van der Waals surface area contributed by atoms with Gasteiger partial charge >= 0.3 is 0 Å². The quantitative estimate of drug-likeness (QED) is 0.390. The molecule has 0 aromatic heterocycles. The van der Waals surface area contributed by atoms with Crippen molar-refractivity contribution >= 4 is 41.1 Å². The summed E-state index contributed by atoms with van der Waals surface area (Å²) in [6.07, 6.45) is 1.95. The zero-order chi connectivity index (χ0) is 16.3. The first-order chi connectivity index (χ1) is 11.0. The Labute approximate surface area is 143 Å². The second kappa shape index (κ2) is 6.73. The highest BCUT2D eigenvalue weighted by Gasteiger charge is 2.17. The van der Waals surface area contributed by atoms with Crippen molar-refractivity contribution in [3.05, 3.63) is 72.3 Å². The number of benzene rings is 3. The molecule has 0 heterocycles. The normalized spacial score (nSPS) is 12.1. The summed E-state index contributed by atoms with van der Waals surface area (Å²) in [7, 11) is -1.26. The molecule has 0 fully saturated rings. The summed E-state index contributed by atoms with van der Waals surface area (Å²) in [5.41, 5.74) is 2.17. The molecule has 0 atom stereocenters. The van der Waals surface area contributed by atoms with Gasteiger partial charge in [-0.05, 0) is 23.1 Å². The van der Waals surface area contributed by atoms with Crippen LogP contribution in [0.15, 0.2) is 76.6 Å². The SMILES string of the molecule is C[Si](C)(C)Sc1cccc2cccc(N=Cc3ccccc3)c12. The number of rotatable bonds is 4. The van der Waals surface area contributed by atoms with E-state index in [-0.39, 0.29) is 0 Å². The molecule has 0 unspecified atom stereocenters. The fourth-order valence-electron chi connectivity index (χ4n) is 2.49. The molecule has 23 heavy (non-hydrogen) atoms. The molecule has 0 N–H and O–H groups in total. The maximum Gasteiger partial charge on any atom is 0.114 e. The third kappa shape index (κ3) is 4.12. The van der Waals surface area contributed by atoms with Crippen LogP contribution in [0.2, 0.25) is 19.6 Å². The van der Waals surface area contributed by atoms with Crippen molar-refractivity contribution in [3.8, 4) is 0 Å². The average Bonchev–Trinajstić information content (AvgIpc) is 2.52. The molecule has 0 spiro atoms. The lowest BCUT2D eigenvalue weighted by Crippen LogP contribution is -2.13. The van der Waals surface area contributed by atoms with Gasteiger partial charge in [-0.3, -0.25) is 4.99 Å². The summed E-state index contributed by atoms with van der Waals surface area (Å²) in [6, 6.07) is 23.2. The fourth-order valence-corrected chi connectivity index (χ4v) is 6.11. The summed E-state index contributed by atoms with van der Waals surface area (Å²) >= 11 is 2.03. The first-order valence-electron chi connectivity index (χ1n) is 7.83. The minimum atomic E-state index is -1.26. The summed E-state index contributed by atoms with van der Waals surface area (Å²) in [6.45, 7) is 7.14. The van der Waals surface area contributed by atoms with Crippen molar-refractivity contribution in [3.63, 3.8) is 0 Å². The van der Waals surface area contributed by atoms with Gasteiger partial charge in [-0.1, -0.05) is 74.2 Å². The molecule has 3 heteroatoms. The van der Waals surface area contributed by atoms with E-state index in [0.717, 1.165) is 11.3 Å². The Bertz CT molecular complexity index is 830. The van der Waals surface area contributed by atoms with Gasteiger partial charge in [-0.15, -0.1) is 0 Å². The topological polar surface area (TPSA) is 12.4 Å². The van der Waals surface area contributed by atoms with Gasteiger partial charge in [0, 0.05) is 16.5 Å². The summed E-state index contributed by atoms with van der Waals surface area (Å²) < 4.78 is 0. The molecule has 0 aliphatic rings. The van der Waals surface area contributed by atoms with Crippen molar-refractivity contribution in [2.24, 2.45) is 4.99 Å². The Morgan fingerprint density at radius 1 is 0.826 bits per heavy atom. The van der Waals surface area contributed by atoms with Crippen LogP contribution in [0.4, 0.5) is 5.69 Å². The minimum absolute atomic E-state index is 1.05. The number of aliphatic imine (C=N–C) groups is 1. The van der Waals surface area contributed by atoms with Crippen LogP contribution in [0.3, 0.4) is 0 Å². The average molecular weight is 336 g/mol. The Morgan fingerprint density at radius 2 is 1.52 bits per heavy atom. The van der Waals surface area contributed by atoms with E-state index in [4.69, 9.17) is 4.99 Å². The second-order valence-corrected chi connectivity index (χ2v) is 15.7. The zero-order valence-electron chi connectivity index (χ0n) is 13.8. The fraction of sp³-hybridized carbons (Fsp3) is 0.150. The van der Waals surface area contributed by atoms with Crippen LogP contribution in [-0.2, 0) is 0 Å². The van der Waals surface area contributed by atoms with Crippen LogP contribution < -0.4 is 0 Å². The highest BCUT2D eigenvalue weighted by Crippen LogP contribution is 2.38. The van der Waals surface area contributed by atoms with Crippen molar-refractivity contribution in [1.29, 1.82) is 0 Å². The summed E-state index contributed by atoms with van der Waals surface area (Å²) in [5, 5.41) is 2.53.